The normalized spacial score (nSPS) is 23.8. The van der Waals surface area contributed by atoms with E-state index in [0.29, 0.717) is 11.1 Å². The summed E-state index contributed by atoms with van der Waals surface area (Å²) in [6, 6.07) is 2.47. The van der Waals surface area contributed by atoms with Crippen LogP contribution in [0.25, 0.3) is 21.5 Å². The van der Waals surface area contributed by atoms with Gasteiger partial charge in [0.05, 0.1) is 17.4 Å². The van der Waals surface area contributed by atoms with Gasteiger partial charge in [-0.2, -0.15) is 0 Å². The largest absolute Gasteiger partial charge is 0.507 e. The molecule has 0 amide bonds. The Balaban J connectivity index is 1.82. The highest BCUT2D eigenvalue weighted by molar-refractivity contribution is 6.20. The van der Waals surface area contributed by atoms with Gasteiger partial charge in [-0.1, -0.05) is 0 Å². The number of rotatable bonds is 0. The number of phenolic OH excluding ortho intramolecular Hbond substituents is 1. The summed E-state index contributed by atoms with van der Waals surface area (Å²) in [5.74, 6) is -5.01. The number of benzene rings is 3. The highest BCUT2D eigenvalue weighted by Crippen LogP contribution is 2.61. The van der Waals surface area contributed by atoms with Crippen molar-refractivity contribution in [3.05, 3.63) is 71.5 Å². The number of cyclic esters (lactones) is 1. The number of hydrogen-bond donors (Lipinski definition) is 4. The summed E-state index contributed by atoms with van der Waals surface area (Å²) in [6.07, 6.45) is -1.55. The molecule has 1 aliphatic heterocycles. The van der Waals surface area contributed by atoms with E-state index >= 15 is 0 Å². The highest BCUT2D eigenvalue weighted by atomic mass is 16.5. The summed E-state index contributed by atoms with van der Waals surface area (Å²) >= 11 is 0. The lowest BCUT2D eigenvalue weighted by Crippen LogP contribution is -2.53. The number of esters is 1. The minimum Gasteiger partial charge on any atom is -0.507 e. The molecule has 1 aromatic heterocycles. The van der Waals surface area contributed by atoms with Crippen LogP contribution in [0, 0.1) is 13.8 Å². The van der Waals surface area contributed by atoms with Gasteiger partial charge in [0.1, 0.15) is 28.7 Å². The zero-order chi connectivity index (χ0) is 25.6. The summed E-state index contributed by atoms with van der Waals surface area (Å²) in [5.41, 5.74) is -2.67. The molecular formula is C26H16O10. The fourth-order valence-corrected chi connectivity index (χ4v) is 6.78. The number of Topliss-reactive ketones (excluding diaryl/α,β-unsaturated/α-hetero) is 1. The molecular weight excluding hydrogens is 472 g/mol. The van der Waals surface area contributed by atoms with Crippen molar-refractivity contribution >= 4 is 33.3 Å². The molecule has 36 heavy (non-hydrogen) atoms. The lowest BCUT2D eigenvalue weighted by molar-refractivity contribution is 0.00750. The van der Waals surface area contributed by atoms with Crippen LogP contribution in [-0.2, 0) is 10.2 Å². The first kappa shape index (κ1) is 20.9. The molecule has 7 rings (SSSR count). The van der Waals surface area contributed by atoms with Crippen LogP contribution in [0.2, 0.25) is 0 Å². The fourth-order valence-electron chi connectivity index (χ4n) is 6.78. The molecule has 2 bridgehead atoms. The van der Waals surface area contributed by atoms with E-state index in [4.69, 9.17) is 9.15 Å². The van der Waals surface area contributed by atoms with Crippen LogP contribution in [0.1, 0.15) is 54.5 Å². The second-order valence-corrected chi connectivity index (χ2v) is 9.69. The Labute approximate surface area is 199 Å². The number of ketones is 1. The first-order valence-corrected chi connectivity index (χ1v) is 11.1. The van der Waals surface area contributed by atoms with Crippen LogP contribution in [0.3, 0.4) is 0 Å². The second-order valence-electron chi connectivity index (χ2n) is 9.69. The van der Waals surface area contributed by atoms with Crippen LogP contribution in [0.15, 0.2) is 26.1 Å². The Kier molecular flexibility index (Phi) is 3.50. The van der Waals surface area contributed by atoms with Crippen molar-refractivity contribution in [2.24, 2.45) is 0 Å². The Bertz CT molecular complexity index is 1900. The number of hydrogen-bond acceptors (Lipinski definition) is 10. The summed E-state index contributed by atoms with van der Waals surface area (Å²) in [6.45, 7) is 2.66. The number of aromatic hydroxyl groups is 3. The van der Waals surface area contributed by atoms with Gasteiger partial charge in [-0.25, -0.2) is 4.79 Å². The standard InChI is InChI=1S/C26H16O10/c1-6-3-8(27)12-14-10(6)15-16-20(29)11-7(2)4-9(28)13-18(11)26(22(16)31,5-35-23(13)32)19(15)21(30)17(14)25(34)36-24(12)33/h3-4,16,22,28,31,33-34H,5H2,1-2H3. The van der Waals surface area contributed by atoms with Gasteiger partial charge in [0.15, 0.2) is 16.6 Å². The average Bonchev–Trinajstić information content (AvgIpc) is 2.97. The van der Waals surface area contributed by atoms with E-state index in [-0.39, 0.29) is 44.0 Å². The number of phenols is 1. The zero-order valence-corrected chi connectivity index (χ0v) is 18.8. The van der Waals surface area contributed by atoms with Gasteiger partial charge in [-0.05, 0) is 53.6 Å². The molecule has 3 atom stereocenters. The van der Waals surface area contributed by atoms with Gasteiger partial charge in [0.25, 0.3) is 11.9 Å². The molecule has 3 aliphatic rings. The third kappa shape index (κ3) is 1.94. The number of carbonyl (C=O) groups excluding carboxylic acids is 2. The molecule has 0 saturated heterocycles. The van der Waals surface area contributed by atoms with Crippen molar-refractivity contribution < 1.29 is 39.2 Å². The van der Waals surface area contributed by atoms with Gasteiger partial charge < -0.3 is 29.6 Å². The van der Waals surface area contributed by atoms with Crippen molar-refractivity contribution in [1.82, 2.24) is 0 Å². The maximum atomic E-state index is 14.1. The average molecular weight is 488 g/mol. The molecule has 2 heterocycles. The monoisotopic (exact) mass is 488 g/mol. The van der Waals surface area contributed by atoms with Crippen LogP contribution in [0.5, 0.6) is 17.6 Å². The lowest BCUT2D eigenvalue weighted by Gasteiger charge is -2.43. The van der Waals surface area contributed by atoms with Gasteiger partial charge in [-0.15, -0.1) is 0 Å². The van der Waals surface area contributed by atoms with Crippen LogP contribution >= 0.6 is 0 Å². The molecule has 2 aliphatic carbocycles. The maximum absolute atomic E-state index is 14.1. The Hall–Kier alpha value is -4.44. The summed E-state index contributed by atoms with van der Waals surface area (Å²) in [4.78, 5) is 53.5. The number of ether oxygens (including phenoxy) is 1. The molecule has 10 nitrogen and oxygen atoms in total. The lowest BCUT2D eigenvalue weighted by atomic mass is 9.63. The van der Waals surface area contributed by atoms with E-state index in [9.17, 15) is 39.6 Å². The van der Waals surface area contributed by atoms with Crippen LogP contribution < -0.4 is 10.9 Å². The van der Waals surface area contributed by atoms with E-state index in [1.54, 1.807) is 13.8 Å². The molecule has 3 unspecified atom stereocenters. The van der Waals surface area contributed by atoms with Crippen molar-refractivity contribution in [3.8, 4) is 17.6 Å². The number of fused-ring (bicyclic) bond motifs is 4. The Morgan fingerprint density at radius 1 is 0.861 bits per heavy atom. The van der Waals surface area contributed by atoms with Gasteiger partial charge in [-0.3, -0.25) is 14.4 Å². The molecule has 0 radical (unpaired) electrons. The third-order valence-corrected chi connectivity index (χ3v) is 8.04. The molecule has 1 spiro atoms. The molecule has 3 aromatic carbocycles. The summed E-state index contributed by atoms with van der Waals surface area (Å²) in [7, 11) is 0. The number of carbonyl (C=O) groups is 2. The first-order valence-electron chi connectivity index (χ1n) is 11.1. The predicted molar refractivity (Wildman–Crippen MR) is 122 cm³/mol. The quantitative estimate of drug-likeness (QED) is 0.266. The minimum absolute atomic E-state index is 0.0105. The molecule has 4 N–H and O–H groups in total. The molecule has 0 saturated carbocycles. The van der Waals surface area contributed by atoms with Gasteiger partial charge in [0, 0.05) is 16.5 Å². The minimum atomic E-state index is -1.72. The predicted octanol–water partition coefficient (Wildman–Crippen LogP) is 1.59. The summed E-state index contributed by atoms with van der Waals surface area (Å²) < 4.78 is 10.3. The van der Waals surface area contributed by atoms with Crippen LogP contribution in [0.4, 0.5) is 0 Å². The number of aryl methyl sites for hydroxylation is 2. The van der Waals surface area contributed by atoms with E-state index in [1.807, 2.05) is 0 Å². The van der Waals surface area contributed by atoms with E-state index in [1.165, 1.54) is 12.1 Å². The Morgan fingerprint density at radius 2 is 1.56 bits per heavy atom. The topological polar surface area (TPSA) is 172 Å². The van der Waals surface area contributed by atoms with Gasteiger partial charge in [0.2, 0.25) is 0 Å². The second kappa shape index (κ2) is 6.03. The summed E-state index contributed by atoms with van der Waals surface area (Å²) in [5, 5.41) is 42.7. The van der Waals surface area contributed by atoms with Crippen molar-refractivity contribution in [1.29, 1.82) is 0 Å². The van der Waals surface area contributed by atoms with Crippen LogP contribution in [-0.4, -0.2) is 44.9 Å². The number of aliphatic hydroxyl groups is 1. The van der Waals surface area contributed by atoms with Crippen molar-refractivity contribution in [2.75, 3.05) is 6.61 Å². The molecule has 4 aromatic rings. The van der Waals surface area contributed by atoms with E-state index in [0.717, 1.165) is 0 Å². The number of aliphatic hydroxyl groups excluding tert-OH is 1. The van der Waals surface area contributed by atoms with E-state index < -0.39 is 69.7 Å². The smallest absolute Gasteiger partial charge is 0.342 e. The van der Waals surface area contributed by atoms with E-state index in [2.05, 4.69) is 0 Å². The molecule has 10 heteroatoms. The fraction of sp³-hybridized carbons (Fsp3) is 0.231. The highest BCUT2D eigenvalue weighted by Gasteiger charge is 2.65. The first-order chi connectivity index (χ1) is 17.0. The zero-order valence-electron chi connectivity index (χ0n) is 18.8. The third-order valence-electron chi connectivity index (χ3n) is 8.04. The Morgan fingerprint density at radius 3 is 2.28 bits per heavy atom. The van der Waals surface area contributed by atoms with Gasteiger partial charge >= 0.3 is 5.97 Å². The van der Waals surface area contributed by atoms with Crippen molar-refractivity contribution in [2.45, 2.75) is 31.3 Å². The maximum Gasteiger partial charge on any atom is 0.342 e. The van der Waals surface area contributed by atoms with Crippen molar-refractivity contribution in [3.63, 3.8) is 0 Å². The molecule has 180 valence electrons. The molecule has 0 fully saturated rings. The SMILES string of the molecule is Cc1cc(O)c2c3c1C(=O)C1c4c(c(=O)c5c(O)oc(O)c6c(=O)cc(C)c4c65)C3(COC2=O)C1O.